The van der Waals surface area contributed by atoms with Gasteiger partial charge in [-0.15, -0.1) is 0 Å². The fraction of sp³-hybridized carbons (Fsp3) is 0.868. The maximum Gasteiger partial charge on any atom is 0.494 e. The van der Waals surface area contributed by atoms with Crippen molar-refractivity contribution >= 4 is 24.2 Å². The number of amides is 1. The maximum absolute atomic E-state index is 14.2. The Labute approximate surface area is 369 Å². The third-order valence-corrected chi connectivity index (χ3v) is 16.2. The number of nitrogens with zero attached hydrogens (tertiary/aromatic N) is 2. The van der Waals surface area contributed by atoms with Gasteiger partial charge in [-0.25, -0.2) is 0 Å². The number of carbonyl (C=O) groups excluding carboxylic acids is 1. The first-order chi connectivity index (χ1) is 29.0. The van der Waals surface area contributed by atoms with E-state index in [1.54, 1.807) is 0 Å². The molecule has 1 amide bonds. The minimum atomic E-state index is -0.530. The van der Waals surface area contributed by atoms with E-state index >= 15 is 0 Å². The SMILES string of the molecule is CC1(C)C(=O)N([C@H]2C[C@@H](N3CCCCOCCCCCCCCCCCCCCCCCCCCCCCC4CCC(C4)C3)C2)c2cc(B3OC(C)(C)C(C)(C)O3)ccc21. The highest BCUT2D eigenvalue weighted by molar-refractivity contribution is 6.62. The van der Waals surface area contributed by atoms with Crippen LogP contribution >= 0.6 is 0 Å². The van der Waals surface area contributed by atoms with Crippen molar-refractivity contribution < 1.29 is 18.8 Å². The van der Waals surface area contributed by atoms with Crippen molar-refractivity contribution in [1.82, 2.24) is 4.90 Å². The van der Waals surface area contributed by atoms with Gasteiger partial charge in [-0.05, 0) is 122 Å². The number of hydrogen-bond acceptors (Lipinski definition) is 5. The van der Waals surface area contributed by atoms with Crippen LogP contribution in [0.15, 0.2) is 18.2 Å². The fourth-order valence-electron chi connectivity index (χ4n) is 11.3. The number of carbonyl (C=O) groups is 1. The van der Waals surface area contributed by atoms with Crippen LogP contribution in [0, 0.1) is 11.8 Å². The smallest absolute Gasteiger partial charge is 0.399 e. The molecular formula is C53H91BN2O4. The molecule has 0 spiro atoms. The summed E-state index contributed by atoms with van der Waals surface area (Å²) >= 11 is 0. The van der Waals surface area contributed by atoms with Gasteiger partial charge in [-0.3, -0.25) is 9.69 Å². The second-order valence-electron chi connectivity index (χ2n) is 22.0. The monoisotopic (exact) mass is 831 g/mol. The molecule has 1 aromatic carbocycles. The van der Waals surface area contributed by atoms with Crippen LogP contribution in [0.4, 0.5) is 5.69 Å². The molecule has 0 radical (unpaired) electrons. The van der Waals surface area contributed by atoms with Crippen molar-refractivity contribution in [3.8, 4) is 0 Å². The fourth-order valence-corrected chi connectivity index (χ4v) is 11.3. The average Bonchev–Trinajstić information content (AvgIpc) is 3.79. The quantitative estimate of drug-likeness (QED) is 0.284. The summed E-state index contributed by atoms with van der Waals surface area (Å²) in [5.74, 6) is 1.99. The zero-order valence-corrected chi connectivity index (χ0v) is 40.0. The summed E-state index contributed by atoms with van der Waals surface area (Å²) in [6.07, 6.45) is 40.1. The summed E-state index contributed by atoms with van der Waals surface area (Å²) in [6, 6.07) is 7.29. The second-order valence-corrected chi connectivity index (χ2v) is 22.0. The summed E-state index contributed by atoms with van der Waals surface area (Å²) in [6.45, 7) is 16.9. The van der Waals surface area contributed by atoms with Gasteiger partial charge in [0, 0.05) is 37.5 Å². The van der Waals surface area contributed by atoms with Crippen LogP contribution in [0.1, 0.15) is 233 Å². The van der Waals surface area contributed by atoms with Crippen molar-refractivity contribution in [2.45, 2.75) is 256 Å². The van der Waals surface area contributed by atoms with Crippen LogP contribution < -0.4 is 10.4 Å². The van der Waals surface area contributed by atoms with Crippen molar-refractivity contribution in [1.29, 1.82) is 0 Å². The third-order valence-electron chi connectivity index (χ3n) is 16.2. The zero-order chi connectivity index (χ0) is 42.4. The number of anilines is 1. The number of fused-ring (bicyclic) bond motifs is 3. The molecule has 2 saturated carbocycles. The Morgan fingerprint density at radius 1 is 0.550 bits per heavy atom. The molecule has 0 N–H and O–H groups in total. The number of benzene rings is 1. The van der Waals surface area contributed by atoms with Crippen LogP contribution in [0.2, 0.25) is 0 Å². The van der Waals surface area contributed by atoms with Gasteiger partial charge in [0.05, 0.1) is 16.6 Å². The average molecular weight is 831 g/mol. The normalized spacial score (nSPS) is 30.7. The molecule has 2 saturated heterocycles. The van der Waals surface area contributed by atoms with E-state index in [4.69, 9.17) is 14.0 Å². The van der Waals surface area contributed by atoms with Crippen LogP contribution in [0.3, 0.4) is 0 Å². The predicted octanol–water partition coefficient (Wildman–Crippen LogP) is 13.3. The van der Waals surface area contributed by atoms with Gasteiger partial charge in [0.25, 0.3) is 0 Å². The van der Waals surface area contributed by atoms with Gasteiger partial charge < -0.3 is 18.9 Å². The van der Waals surface area contributed by atoms with Gasteiger partial charge >= 0.3 is 7.12 Å². The van der Waals surface area contributed by atoms with Crippen molar-refractivity contribution in [3.05, 3.63) is 23.8 Å². The zero-order valence-electron chi connectivity index (χ0n) is 40.0. The minimum absolute atomic E-state index is 0.245. The molecule has 7 heteroatoms. The first-order valence-corrected chi connectivity index (χ1v) is 26.1. The largest absolute Gasteiger partial charge is 0.494 e. The molecular weight excluding hydrogens is 739 g/mol. The molecule has 340 valence electrons. The lowest BCUT2D eigenvalue weighted by Gasteiger charge is -2.47. The first-order valence-electron chi connectivity index (χ1n) is 26.1. The number of rotatable bonds is 3. The molecule has 5 aliphatic rings. The van der Waals surface area contributed by atoms with Crippen molar-refractivity contribution in [2.75, 3.05) is 31.2 Å². The van der Waals surface area contributed by atoms with E-state index in [9.17, 15) is 4.79 Å². The summed E-state index contributed by atoms with van der Waals surface area (Å²) in [4.78, 5) is 19.3. The van der Waals surface area contributed by atoms with Gasteiger partial charge in [0.15, 0.2) is 0 Å². The molecule has 60 heavy (non-hydrogen) atoms. The lowest BCUT2D eigenvalue weighted by molar-refractivity contribution is -0.123. The minimum Gasteiger partial charge on any atom is -0.399 e. The van der Waals surface area contributed by atoms with Gasteiger partial charge in [0.1, 0.15) is 0 Å². The lowest BCUT2D eigenvalue weighted by atomic mass is 9.76. The van der Waals surface area contributed by atoms with Crippen LogP contribution in [0.25, 0.3) is 0 Å². The van der Waals surface area contributed by atoms with E-state index in [0.29, 0.717) is 6.04 Å². The molecule has 6 rings (SSSR count). The number of ether oxygens (including phenoxy) is 1. The van der Waals surface area contributed by atoms with Gasteiger partial charge in [0.2, 0.25) is 5.91 Å². The molecule has 4 fully saturated rings. The molecule has 2 unspecified atom stereocenters. The number of hydrogen-bond donors (Lipinski definition) is 0. The summed E-state index contributed by atoms with van der Waals surface area (Å²) in [7, 11) is -0.429. The highest BCUT2D eigenvalue weighted by Crippen LogP contribution is 2.47. The van der Waals surface area contributed by atoms with Crippen molar-refractivity contribution in [2.24, 2.45) is 11.8 Å². The van der Waals surface area contributed by atoms with E-state index in [0.717, 1.165) is 67.6 Å². The lowest BCUT2D eigenvalue weighted by Crippen LogP contribution is -2.57. The van der Waals surface area contributed by atoms with E-state index in [1.807, 2.05) is 0 Å². The second kappa shape index (κ2) is 23.5. The summed E-state index contributed by atoms with van der Waals surface area (Å²) < 4.78 is 19.1. The summed E-state index contributed by atoms with van der Waals surface area (Å²) in [5.41, 5.74) is 1.89. The molecule has 2 bridgehead atoms. The molecule has 2 atom stereocenters. The van der Waals surface area contributed by atoms with E-state index in [1.165, 1.54) is 173 Å². The Morgan fingerprint density at radius 2 is 1.03 bits per heavy atom. The predicted molar refractivity (Wildman–Crippen MR) is 254 cm³/mol. The molecule has 2 aliphatic carbocycles. The van der Waals surface area contributed by atoms with Crippen molar-refractivity contribution in [3.63, 3.8) is 0 Å². The van der Waals surface area contributed by atoms with Crippen LogP contribution in [0.5, 0.6) is 0 Å². The Bertz CT molecular complexity index is 1410. The topological polar surface area (TPSA) is 51.2 Å². The standard InChI is InChI=1S/C53H91BN2O4/c1-51(2)48-34-33-45(54-59-52(3,4)53(5,6)60-54)39-49(48)56(50(51)57)47-40-46(41-47)55-35-27-29-37-58-36-28-25-23-21-19-17-15-13-11-9-7-8-10-12-14-16-18-20-22-24-26-30-43-31-32-44(38-43)42-55/h33-34,39,43-44,46-47H,7-32,35-38,40-42H2,1-6H3/t43?,44?,46-,47+. The van der Waals surface area contributed by atoms with Crippen LogP contribution in [-0.4, -0.2) is 67.5 Å². The Hall–Kier alpha value is -1.41. The molecule has 6 nitrogen and oxygen atoms in total. The van der Waals surface area contributed by atoms with E-state index < -0.39 is 23.7 Å². The summed E-state index contributed by atoms with van der Waals surface area (Å²) in [5, 5.41) is 0. The van der Waals surface area contributed by atoms with E-state index in [-0.39, 0.29) is 11.9 Å². The third kappa shape index (κ3) is 13.3. The molecule has 3 aliphatic heterocycles. The van der Waals surface area contributed by atoms with Gasteiger partial charge in [-0.1, -0.05) is 153 Å². The van der Waals surface area contributed by atoms with Gasteiger partial charge in [-0.2, -0.15) is 0 Å². The Balaban J connectivity index is 1.01. The molecule has 1 aromatic rings. The Morgan fingerprint density at radius 3 is 1.58 bits per heavy atom. The molecule has 0 aromatic heterocycles. The highest BCUT2D eigenvalue weighted by atomic mass is 16.7. The van der Waals surface area contributed by atoms with Crippen LogP contribution in [-0.2, 0) is 24.3 Å². The first kappa shape index (κ1) is 48.1. The maximum atomic E-state index is 14.2. The Kier molecular flexibility index (Phi) is 18.8. The highest BCUT2D eigenvalue weighted by Gasteiger charge is 2.54. The van der Waals surface area contributed by atoms with E-state index in [2.05, 4.69) is 69.5 Å². The molecule has 3 heterocycles.